The molecule has 0 spiro atoms. The Hall–Kier alpha value is -2.42. The van der Waals surface area contributed by atoms with Crippen LogP contribution in [-0.2, 0) is 4.79 Å². The molecule has 0 aliphatic heterocycles. The molecule has 0 bridgehead atoms. The highest BCUT2D eigenvalue weighted by molar-refractivity contribution is 9.10. The van der Waals surface area contributed by atoms with Crippen LogP contribution in [0.25, 0.3) is 6.08 Å². The number of methoxy groups -OCH3 is 1. The Morgan fingerprint density at radius 1 is 1.26 bits per heavy atom. The van der Waals surface area contributed by atoms with Gasteiger partial charge in [-0.05, 0) is 54.7 Å². The maximum atomic E-state index is 12.1. The zero-order valence-electron chi connectivity index (χ0n) is 14.0. The third-order valence-electron chi connectivity index (χ3n) is 3.30. The number of carboxylic acid groups (broad SMARTS) is 1. The molecule has 1 amide bonds. The monoisotopic (exact) mass is 468 g/mol. The highest BCUT2D eigenvalue weighted by Gasteiger charge is 2.10. The van der Waals surface area contributed by atoms with Crippen molar-refractivity contribution >= 4 is 68.5 Å². The maximum Gasteiger partial charge on any atom is 0.335 e. The molecule has 27 heavy (non-hydrogen) atoms. The van der Waals surface area contributed by atoms with Crippen LogP contribution in [0.3, 0.4) is 0 Å². The topological polar surface area (TPSA) is 87.7 Å². The molecule has 0 unspecified atom stereocenters. The van der Waals surface area contributed by atoms with Crippen LogP contribution in [-0.4, -0.2) is 29.2 Å². The van der Waals surface area contributed by atoms with E-state index in [9.17, 15) is 9.59 Å². The van der Waals surface area contributed by atoms with E-state index in [1.165, 1.54) is 31.4 Å². The van der Waals surface area contributed by atoms with Gasteiger partial charge < -0.3 is 15.2 Å². The standard InChI is InChI=1S/C18H14BrClN2O4S/c1-26-15-6-4-12(19)8-10(15)3-7-16(23)22-18(27)21-14-9-11(17(24)25)2-5-13(14)20/h2-9H,1H3,(H,24,25)(H2,21,22,23,27)/b7-3+. The summed E-state index contributed by atoms with van der Waals surface area (Å²) in [4.78, 5) is 23.1. The third-order valence-corrected chi connectivity index (χ3v) is 4.33. The van der Waals surface area contributed by atoms with Crippen LogP contribution in [0.5, 0.6) is 5.75 Å². The van der Waals surface area contributed by atoms with Crippen molar-refractivity contribution in [1.82, 2.24) is 5.32 Å². The number of halogens is 2. The van der Waals surface area contributed by atoms with Crippen molar-refractivity contribution in [2.45, 2.75) is 0 Å². The number of ether oxygens (including phenoxy) is 1. The zero-order valence-corrected chi connectivity index (χ0v) is 17.1. The number of carbonyl (C=O) groups is 2. The van der Waals surface area contributed by atoms with Crippen molar-refractivity contribution in [2.24, 2.45) is 0 Å². The number of aromatic carboxylic acids is 1. The Morgan fingerprint density at radius 3 is 2.67 bits per heavy atom. The third kappa shape index (κ3) is 6.06. The summed E-state index contributed by atoms with van der Waals surface area (Å²) >= 11 is 14.4. The summed E-state index contributed by atoms with van der Waals surface area (Å²) in [6.07, 6.45) is 2.88. The van der Waals surface area contributed by atoms with Gasteiger partial charge in [0.05, 0.1) is 23.4 Å². The minimum absolute atomic E-state index is 0.0182. The first-order valence-corrected chi connectivity index (χ1v) is 9.04. The van der Waals surface area contributed by atoms with Gasteiger partial charge in [0.1, 0.15) is 5.75 Å². The molecule has 0 atom stereocenters. The van der Waals surface area contributed by atoms with Gasteiger partial charge in [-0.3, -0.25) is 10.1 Å². The molecule has 0 heterocycles. The van der Waals surface area contributed by atoms with Gasteiger partial charge in [-0.2, -0.15) is 0 Å². The number of nitrogens with one attached hydrogen (secondary N) is 2. The number of hydrogen-bond donors (Lipinski definition) is 3. The maximum absolute atomic E-state index is 12.1. The summed E-state index contributed by atoms with van der Waals surface area (Å²) < 4.78 is 6.07. The summed E-state index contributed by atoms with van der Waals surface area (Å²) in [5, 5.41) is 14.4. The van der Waals surface area contributed by atoms with Gasteiger partial charge in [0.2, 0.25) is 5.91 Å². The zero-order chi connectivity index (χ0) is 20.0. The van der Waals surface area contributed by atoms with Crippen molar-refractivity contribution in [3.8, 4) is 5.75 Å². The molecular formula is C18H14BrClN2O4S. The van der Waals surface area contributed by atoms with Crippen molar-refractivity contribution in [1.29, 1.82) is 0 Å². The van der Waals surface area contributed by atoms with Crippen molar-refractivity contribution in [2.75, 3.05) is 12.4 Å². The van der Waals surface area contributed by atoms with E-state index in [-0.39, 0.29) is 21.4 Å². The SMILES string of the molecule is COc1ccc(Br)cc1/C=C/C(=O)NC(=S)Nc1cc(C(=O)O)ccc1Cl. The van der Waals surface area contributed by atoms with E-state index in [0.29, 0.717) is 11.3 Å². The molecule has 2 aromatic rings. The summed E-state index contributed by atoms with van der Waals surface area (Å²) in [5.41, 5.74) is 1.02. The van der Waals surface area contributed by atoms with E-state index >= 15 is 0 Å². The lowest BCUT2D eigenvalue weighted by Gasteiger charge is -2.10. The summed E-state index contributed by atoms with van der Waals surface area (Å²) in [6, 6.07) is 9.51. The molecule has 0 radical (unpaired) electrons. The summed E-state index contributed by atoms with van der Waals surface area (Å²) in [6.45, 7) is 0. The molecule has 140 valence electrons. The second-order valence-corrected chi connectivity index (χ2v) is 6.89. The highest BCUT2D eigenvalue weighted by atomic mass is 79.9. The average Bonchev–Trinajstić information content (AvgIpc) is 2.61. The Kier molecular flexibility index (Phi) is 7.35. The van der Waals surface area contributed by atoms with E-state index < -0.39 is 11.9 Å². The normalized spacial score (nSPS) is 10.5. The lowest BCUT2D eigenvalue weighted by molar-refractivity contribution is -0.115. The fourth-order valence-electron chi connectivity index (χ4n) is 2.06. The van der Waals surface area contributed by atoms with Crippen LogP contribution >= 0.6 is 39.7 Å². The molecule has 9 heteroatoms. The van der Waals surface area contributed by atoms with Gasteiger partial charge in [-0.25, -0.2) is 4.79 Å². The molecule has 0 aliphatic rings. The van der Waals surface area contributed by atoms with E-state index in [2.05, 4.69) is 26.6 Å². The van der Waals surface area contributed by atoms with E-state index in [1.807, 2.05) is 6.07 Å². The number of hydrogen-bond acceptors (Lipinski definition) is 4. The van der Waals surface area contributed by atoms with Crippen molar-refractivity contribution in [3.63, 3.8) is 0 Å². The number of rotatable bonds is 5. The number of amides is 1. The quantitative estimate of drug-likeness (QED) is 0.446. The van der Waals surface area contributed by atoms with Crippen molar-refractivity contribution in [3.05, 3.63) is 63.1 Å². The van der Waals surface area contributed by atoms with Gasteiger partial charge in [0.15, 0.2) is 5.11 Å². The van der Waals surface area contributed by atoms with Crippen LogP contribution in [0.1, 0.15) is 15.9 Å². The largest absolute Gasteiger partial charge is 0.496 e. The molecule has 0 fully saturated rings. The predicted molar refractivity (Wildman–Crippen MR) is 113 cm³/mol. The van der Waals surface area contributed by atoms with E-state index in [0.717, 1.165) is 4.47 Å². The number of carboxylic acids is 1. The van der Waals surface area contributed by atoms with E-state index in [1.54, 1.807) is 18.2 Å². The molecule has 0 aromatic heterocycles. The smallest absolute Gasteiger partial charge is 0.335 e. The van der Waals surface area contributed by atoms with Crippen LogP contribution in [0.4, 0.5) is 5.69 Å². The number of anilines is 1. The number of benzene rings is 2. The lowest BCUT2D eigenvalue weighted by atomic mass is 10.2. The highest BCUT2D eigenvalue weighted by Crippen LogP contribution is 2.24. The Bertz CT molecular complexity index is 934. The Labute approximate surface area is 174 Å². The molecule has 2 aromatic carbocycles. The van der Waals surface area contributed by atoms with Crippen LogP contribution < -0.4 is 15.4 Å². The first-order valence-electron chi connectivity index (χ1n) is 7.46. The predicted octanol–water partition coefficient (Wildman–Crippen LogP) is 4.34. The minimum atomic E-state index is -1.10. The molecule has 3 N–H and O–H groups in total. The second-order valence-electron chi connectivity index (χ2n) is 5.16. The molecule has 6 nitrogen and oxygen atoms in total. The lowest BCUT2D eigenvalue weighted by Crippen LogP contribution is -2.33. The van der Waals surface area contributed by atoms with Crippen LogP contribution in [0.15, 0.2) is 46.9 Å². The summed E-state index contributed by atoms with van der Waals surface area (Å²) in [7, 11) is 1.54. The fraction of sp³-hybridized carbons (Fsp3) is 0.0556. The molecule has 2 rings (SSSR count). The number of carbonyl (C=O) groups excluding carboxylic acids is 1. The van der Waals surface area contributed by atoms with Crippen LogP contribution in [0.2, 0.25) is 5.02 Å². The Morgan fingerprint density at radius 2 is 2.00 bits per heavy atom. The first kappa shape index (κ1) is 20.9. The number of thiocarbonyl (C=S) groups is 1. The van der Waals surface area contributed by atoms with Gasteiger partial charge in [0.25, 0.3) is 0 Å². The van der Waals surface area contributed by atoms with E-state index in [4.69, 9.17) is 33.7 Å². The molecular weight excluding hydrogens is 456 g/mol. The van der Waals surface area contributed by atoms with Gasteiger partial charge in [-0.1, -0.05) is 27.5 Å². The minimum Gasteiger partial charge on any atom is -0.496 e. The molecule has 0 saturated heterocycles. The van der Waals surface area contributed by atoms with Crippen molar-refractivity contribution < 1.29 is 19.4 Å². The Balaban J connectivity index is 2.04. The fourth-order valence-corrected chi connectivity index (χ4v) is 2.82. The second kappa shape index (κ2) is 9.50. The average molecular weight is 470 g/mol. The summed E-state index contributed by atoms with van der Waals surface area (Å²) in [5.74, 6) is -0.962. The first-order chi connectivity index (χ1) is 12.8. The molecule has 0 aliphatic carbocycles. The van der Waals surface area contributed by atoms with Gasteiger partial charge >= 0.3 is 5.97 Å². The molecule has 0 saturated carbocycles. The van der Waals surface area contributed by atoms with Gasteiger partial charge in [-0.15, -0.1) is 0 Å². The van der Waals surface area contributed by atoms with Gasteiger partial charge in [0, 0.05) is 16.1 Å². The van der Waals surface area contributed by atoms with Crippen LogP contribution in [0, 0.1) is 0 Å².